The molecule has 0 bridgehead atoms. The van der Waals surface area contributed by atoms with Crippen LogP contribution in [0.1, 0.15) is 44.9 Å². The number of aliphatic hydroxyl groups is 1. The SMILES string of the molecule is NC(=O)N/N=C1/CCCCC(O)CCC1. The number of aliphatic hydroxyl groups excluding tert-OH is 1. The lowest BCUT2D eigenvalue weighted by molar-refractivity contribution is 0.150. The van der Waals surface area contributed by atoms with Gasteiger partial charge in [0, 0.05) is 5.71 Å². The van der Waals surface area contributed by atoms with Crippen molar-refractivity contribution in [2.75, 3.05) is 0 Å². The largest absolute Gasteiger partial charge is 0.393 e. The van der Waals surface area contributed by atoms with E-state index in [9.17, 15) is 9.90 Å². The predicted molar refractivity (Wildman–Crippen MR) is 58.5 cm³/mol. The van der Waals surface area contributed by atoms with E-state index in [0.717, 1.165) is 50.7 Å². The van der Waals surface area contributed by atoms with Gasteiger partial charge in [-0.1, -0.05) is 6.42 Å². The molecule has 1 unspecified atom stereocenters. The van der Waals surface area contributed by atoms with Crippen LogP contribution >= 0.6 is 0 Å². The second kappa shape index (κ2) is 6.40. The summed E-state index contributed by atoms with van der Waals surface area (Å²) in [7, 11) is 0. The van der Waals surface area contributed by atoms with E-state index in [-0.39, 0.29) is 6.10 Å². The molecule has 0 aliphatic heterocycles. The van der Waals surface area contributed by atoms with Crippen molar-refractivity contribution in [1.82, 2.24) is 5.43 Å². The molecule has 1 saturated carbocycles. The van der Waals surface area contributed by atoms with E-state index in [0.29, 0.717) is 0 Å². The molecule has 2 amide bonds. The molecular weight excluding hydrogens is 194 g/mol. The molecule has 86 valence electrons. The van der Waals surface area contributed by atoms with Crippen molar-refractivity contribution in [2.24, 2.45) is 10.8 Å². The fourth-order valence-corrected chi connectivity index (χ4v) is 1.77. The first-order valence-corrected chi connectivity index (χ1v) is 5.47. The van der Waals surface area contributed by atoms with E-state index in [2.05, 4.69) is 10.5 Å². The Labute approximate surface area is 89.7 Å². The standard InChI is InChI=1S/C10H19N3O2/c11-10(15)13-12-8-4-1-2-6-9(14)7-3-5-8/h9,14H,1-7H2,(H3,11,13,15)/b12-8-. The number of amides is 2. The molecule has 1 aliphatic carbocycles. The smallest absolute Gasteiger partial charge is 0.332 e. The van der Waals surface area contributed by atoms with Crippen LogP contribution in [0.25, 0.3) is 0 Å². The van der Waals surface area contributed by atoms with E-state index in [4.69, 9.17) is 5.73 Å². The number of nitrogens with zero attached hydrogens (tertiary/aromatic N) is 1. The first-order chi connectivity index (χ1) is 7.18. The van der Waals surface area contributed by atoms with Crippen molar-refractivity contribution in [2.45, 2.75) is 51.0 Å². The molecule has 5 heteroatoms. The summed E-state index contributed by atoms with van der Waals surface area (Å²) in [5, 5.41) is 13.5. The Morgan fingerprint density at radius 2 is 2.00 bits per heavy atom. The van der Waals surface area contributed by atoms with Crippen LogP contribution in [-0.4, -0.2) is 23.0 Å². The highest BCUT2D eigenvalue weighted by atomic mass is 16.3. The Hall–Kier alpha value is -1.10. The second-order valence-corrected chi connectivity index (χ2v) is 3.95. The Morgan fingerprint density at radius 1 is 1.33 bits per heavy atom. The lowest BCUT2D eigenvalue weighted by atomic mass is 10.1. The third-order valence-corrected chi connectivity index (χ3v) is 2.58. The molecule has 0 radical (unpaired) electrons. The molecule has 15 heavy (non-hydrogen) atoms. The van der Waals surface area contributed by atoms with Crippen LogP contribution in [0.15, 0.2) is 5.10 Å². The Morgan fingerprint density at radius 3 is 2.73 bits per heavy atom. The van der Waals surface area contributed by atoms with Crippen LogP contribution in [0, 0.1) is 0 Å². The van der Waals surface area contributed by atoms with Crippen LogP contribution in [0.2, 0.25) is 0 Å². The van der Waals surface area contributed by atoms with Gasteiger partial charge in [0.2, 0.25) is 0 Å². The van der Waals surface area contributed by atoms with Crippen LogP contribution in [0.4, 0.5) is 4.79 Å². The minimum atomic E-state index is -0.623. The maximum Gasteiger partial charge on any atom is 0.332 e. The summed E-state index contributed by atoms with van der Waals surface area (Å²) in [4.78, 5) is 10.5. The number of nitrogens with one attached hydrogen (secondary N) is 1. The highest BCUT2D eigenvalue weighted by Gasteiger charge is 2.09. The zero-order chi connectivity index (χ0) is 11.1. The molecule has 1 aliphatic rings. The lowest BCUT2D eigenvalue weighted by Gasteiger charge is -2.06. The fourth-order valence-electron chi connectivity index (χ4n) is 1.77. The van der Waals surface area contributed by atoms with Gasteiger partial charge in [-0.2, -0.15) is 5.10 Å². The Kier molecular flexibility index (Phi) is 5.10. The number of nitrogens with two attached hydrogens (primary N) is 1. The highest BCUT2D eigenvalue weighted by Crippen LogP contribution is 2.15. The maximum atomic E-state index is 10.5. The van der Waals surface area contributed by atoms with Gasteiger partial charge in [0.25, 0.3) is 0 Å². The molecular formula is C10H19N3O2. The van der Waals surface area contributed by atoms with Crippen LogP contribution in [0.3, 0.4) is 0 Å². The molecule has 0 saturated heterocycles. The van der Waals surface area contributed by atoms with E-state index < -0.39 is 6.03 Å². The topological polar surface area (TPSA) is 87.7 Å². The van der Waals surface area contributed by atoms with Crippen molar-refractivity contribution in [3.63, 3.8) is 0 Å². The van der Waals surface area contributed by atoms with E-state index in [1.54, 1.807) is 0 Å². The van der Waals surface area contributed by atoms with Gasteiger partial charge in [0.05, 0.1) is 6.10 Å². The Balaban J connectivity index is 2.42. The van der Waals surface area contributed by atoms with Crippen molar-refractivity contribution in [3.8, 4) is 0 Å². The number of carbonyl (C=O) groups excluding carboxylic acids is 1. The predicted octanol–water partition coefficient (Wildman–Crippen LogP) is 1.12. The summed E-state index contributed by atoms with van der Waals surface area (Å²) in [6.07, 6.45) is 6.16. The molecule has 0 heterocycles. The summed E-state index contributed by atoms with van der Waals surface area (Å²) in [6, 6.07) is -0.623. The third kappa shape index (κ3) is 5.37. The number of hydrazone groups is 1. The van der Waals surface area contributed by atoms with Crippen LogP contribution in [0.5, 0.6) is 0 Å². The molecule has 1 atom stereocenters. The number of hydrogen-bond donors (Lipinski definition) is 3. The van der Waals surface area contributed by atoms with E-state index >= 15 is 0 Å². The Bertz CT molecular complexity index is 241. The van der Waals surface area contributed by atoms with Gasteiger partial charge < -0.3 is 10.8 Å². The second-order valence-electron chi connectivity index (χ2n) is 3.95. The monoisotopic (exact) mass is 213 g/mol. The van der Waals surface area contributed by atoms with Crippen LogP contribution < -0.4 is 11.2 Å². The van der Waals surface area contributed by atoms with Gasteiger partial charge in [-0.05, 0) is 38.5 Å². The molecule has 0 aromatic carbocycles. The molecule has 4 N–H and O–H groups in total. The third-order valence-electron chi connectivity index (χ3n) is 2.58. The number of rotatable bonds is 1. The number of urea groups is 1. The van der Waals surface area contributed by atoms with E-state index in [1.807, 2.05) is 0 Å². The van der Waals surface area contributed by atoms with Crippen LogP contribution in [-0.2, 0) is 0 Å². The molecule has 1 fully saturated rings. The minimum Gasteiger partial charge on any atom is -0.393 e. The van der Waals surface area contributed by atoms with Gasteiger partial charge >= 0.3 is 6.03 Å². The van der Waals surface area contributed by atoms with Gasteiger partial charge in [-0.3, -0.25) is 0 Å². The van der Waals surface area contributed by atoms with Gasteiger partial charge in [0.15, 0.2) is 0 Å². The van der Waals surface area contributed by atoms with Crippen molar-refractivity contribution >= 4 is 11.7 Å². The van der Waals surface area contributed by atoms with Gasteiger partial charge in [-0.15, -0.1) is 0 Å². The zero-order valence-electron chi connectivity index (χ0n) is 8.91. The fraction of sp³-hybridized carbons (Fsp3) is 0.800. The van der Waals surface area contributed by atoms with Crippen molar-refractivity contribution < 1.29 is 9.90 Å². The molecule has 0 spiro atoms. The first kappa shape index (κ1) is 12.0. The lowest BCUT2D eigenvalue weighted by Crippen LogP contribution is -2.25. The maximum absolute atomic E-state index is 10.5. The van der Waals surface area contributed by atoms with Crippen molar-refractivity contribution in [3.05, 3.63) is 0 Å². The summed E-state index contributed by atoms with van der Waals surface area (Å²) in [5.41, 5.74) is 8.17. The molecule has 0 aromatic heterocycles. The van der Waals surface area contributed by atoms with Crippen molar-refractivity contribution in [1.29, 1.82) is 0 Å². The molecule has 0 aromatic rings. The normalized spacial score (nSPS) is 26.5. The zero-order valence-corrected chi connectivity index (χ0v) is 8.91. The van der Waals surface area contributed by atoms with E-state index in [1.165, 1.54) is 0 Å². The number of primary amides is 1. The summed E-state index contributed by atoms with van der Waals surface area (Å²) in [6.45, 7) is 0. The summed E-state index contributed by atoms with van der Waals surface area (Å²) < 4.78 is 0. The van der Waals surface area contributed by atoms with Gasteiger partial charge in [0.1, 0.15) is 0 Å². The summed E-state index contributed by atoms with van der Waals surface area (Å²) in [5.74, 6) is 0. The molecule has 5 nitrogen and oxygen atoms in total. The highest BCUT2D eigenvalue weighted by molar-refractivity contribution is 5.85. The number of hydrogen-bond acceptors (Lipinski definition) is 3. The van der Waals surface area contributed by atoms with Gasteiger partial charge in [-0.25, -0.2) is 10.2 Å². The minimum absolute atomic E-state index is 0.173. The average molecular weight is 213 g/mol. The quantitative estimate of drug-likeness (QED) is 0.570. The average Bonchev–Trinajstić information content (AvgIpc) is 2.27. The summed E-state index contributed by atoms with van der Waals surface area (Å²) >= 11 is 0. The molecule has 1 rings (SSSR count). The first-order valence-electron chi connectivity index (χ1n) is 5.47. The number of carbonyl (C=O) groups is 1.